The van der Waals surface area contributed by atoms with Crippen LogP contribution in [0.3, 0.4) is 0 Å². The van der Waals surface area contributed by atoms with Crippen molar-refractivity contribution in [1.82, 2.24) is 9.62 Å². The van der Waals surface area contributed by atoms with Crippen LogP contribution in [0.1, 0.15) is 25.7 Å². The van der Waals surface area contributed by atoms with Crippen molar-refractivity contribution < 1.29 is 27.1 Å². The van der Waals surface area contributed by atoms with Crippen molar-refractivity contribution in [2.75, 3.05) is 33.4 Å². The normalized spacial score (nSPS) is 23.9. The number of benzene rings is 1. The summed E-state index contributed by atoms with van der Waals surface area (Å²) >= 11 is 0. The predicted molar refractivity (Wildman–Crippen MR) is 96.4 cm³/mol. The van der Waals surface area contributed by atoms with Gasteiger partial charge in [-0.2, -0.15) is 4.31 Å². The van der Waals surface area contributed by atoms with E-state index in [1.165, 1.54) is 17.5 Å². The molecule has 1 amide bonds. The van der Waals surface area contributed by atoms with Gasteiger partial charge in [0.2, 0.25) is 15.9 Å². The number of halogens is 1. The highest BCUT2D eigenvalue weighted by Gasteiger charge is 2.35. The number of hydrogen-bond donors (Lipinski definition) is 1. The minimum absolute atomic E-state index is 0.0360. The van der Waals surface area contributed by atoms with Crippen LogP contribution in [0.4, 0.5) is 4.39 Å². The van der Waals surface area contributed by atoms with Gasteiger partial charge in [-0.25, -0.2) is 12.8 Å². The Bertz CT molecular complexity index is 780. The summed E-state index contributed by atoms with van der Waals surface area (Å²) in [6, 6.07) is 3.39. The van der Waals surface area contributed by atoms with E-state index in [1.54, 1.807) is 0 Å². The Balaban J connectivity index is 1.69. The van der Waals surface area contributed by atoms with E-state index in [4.69, 9.17) is 9.47 Å². The van der Waals surface area contributed by atoms with E-state index in [2.05, 4.69) is 5.32 Å². The first-order chi connectivity index (χ1) is 12.9. The molecule has 0 saturated carbocycles. The zero-order valence-electron chi connectivity index (χ0n) is 15.3. The maximum atomic E-state index is 13.6. The number of carbonyl (C=O) groups is 1. The molecule has 0 radical (unpaired) electrons. The lowest BCUT2D eigenvalue weighted by molar-refractivity contribution is -0.126. The minimum atomic E-state index is -3.96. The van der Waals surface area contributed by atoms with Crippen LogP contribution in [0.2, 0.25) is 0 Å². The molecule has 0 bridgehead atoms. The van der Waals surface area contributed by atoms with Crippen molar-refractivity contribution in [3.63, 3.8) is 0 Å². The molecule has 1 N–H and O–H groups in total. The van der Waals surface area contributed by atoms with E-state index in [1.807, 2.05) is 0 Å². The molecule has 27 heavy (non-hydrogen) atoms. The van der Waals surface area contributed by atoms with Gasteiger partial charge in [0.25, 0.3) is 0 Å². The fourth-order valence-corrected chi connectivity index (χ4v) is 5.22. The summed E-state index contributed by atoms with van der Waals surface area (Å²) in [6.07, 6.45) is 3.13. The Labute approximate surface area is 158 Å². The fourth-order valence-electron chi connectivity index (χ4n) is 3.53. The third-order valence-corrected chi connectivity index (χ3v) is 6.91. The Kier molecular flexibility index (Phi) is 6.33. The molecule has 2 atom stereocenters. The van der Waals surface area contributed by atoms with Crippen molar-refractivity contribution in [3.05, 3.63) is 24.0 Å². The van der Waals surface area contributed by atoms with Gasteiger partial charge in [-0.15, -0.1) is 0 Å². The van der Waals surface area contributed by atoms with Crippen LogP contribution < -0.4 is 10.1 Å². The first-order valence-electron chi connectivity index (χ1n) is 9.15. The van der Waals surface area contributed by atoms with E-state index >= 15 is 0 Å². The SMILES string of the molecule is COc1ccc(F)cc1S(=O)(=O)N1CCC[C@H](C(=O)NC[C@@H]2CCCO2)C1. The summed E-state index contributed by atoms with van der Waals surface area (Å²) in [6.45, 7) is 1.52. The second-order valence-electron chi connectivity index (χ2n) is 6.88. The van der Waals surface area contributed by atoms with Gasteiger partial charge in [-0.3, -0.25) is 4.79 Å². The van der Waals surface area contributed by atoms with Gasteiger partial charge in [0.15, 0.2) is 0 Å². The van der Waals surface area contributed by atoms with Crippen molar-refractivity contribution in [2.24, 2.45) is 5.92 Å². The lowest BCUT2D eigenvalue weighted by atomic mass is 9.99. The molecule has 0 aromatic heterocycles. The molecule has 150 valence electrons. The van der Waals surface area contributed by atoms with Crippen molar-refractivity contribution in [3.8, 4) is 5.75 Å². The Hall–Kier alpha value is -1.71. The summed E-state index contributed by atoms with van der Waals surface area (Å²) < 4.78 is 51.4. The Morgan fingerprint density at radius 2 is 2.19 bits per heavy atom. The zero-order valence-corrected chi connectivity index (χ0v) is 16.1. The van der Waals surface area contributed by atoms with Crippen LogP contribution >= 0.6 is 0 Å². The lowest BCUT2D eigenvalue weighted by Crippen LogP contribution is -2.46. The Morgan fingerprint density at radius 1 is 1.37 bits per heavy atom. The molecule has 1 aromatic rings. The van der Waals surface area contributed by atoms with Crippen LogP contribution in [-0.2, 0) is 19.6 Å². The number of sulfonamides is 1. The summed E-state index contributed by atoms with van der Waals surface area (Å²) in [5, 5.41) is 2.87. The molecule has 9 heteroatoms. The number of hydrogen-bond acceptors (Lipinski definition) is 5. The molecule has 2 heterocycles. The van der Waals surface area contributed by atoms with Crippen molar-refractivity contribution in [2.45, 2.75) is 36.7 Å². The first kappa shape index (κ1) is 20.0. The molecule has 2 aliphatic rings. The smallest absolute Gasteiger partial charge is 0.246 e. The standard InChI is InChI=1S/C18H25FN2O5S/c1-25-16-7-6-14(19)10-17(16)27(23,24)21-8-2-4-13(12-21)18(22)20-11-15-5-3-9-26-15/h6-7,10,13,15H,2-5,8-9,11-12H2,1H3,(H,20,22)/t13-,15-/m0/s1. The maximum Gasteiger partial charge on any atom is 0.246 e. The van der Waals surface area contributed by atoms with Gasteiger partial charge < -0.3 is 14.8 Å². The average Bonchev–Trinajstić information content (AvgIpc) is 3.19. The number of ether oxygens (including phenoxy) is 2. The first-order valence-corrected chi connectivity index (χ1v) is 10.6. The quantitative estimate of drug-likeness (QED) is 0.783. The summed E-state index contributed by atoms with van der Waals surface area (Å²) in [5.41, 5.74) is 0. The largest absolute Gasteiger partial charge is 0.495 e. The zero-order chi connectivity index (χ0) is 19.4. The lowest BCUT2D eigenvalue weighted by Gasteiger charge is -2.31. The molecular weight excluding hydrogens is 375 g/mol. The number of carbonyl (C=O) groups excluding carboxylic acids is 1. The molecule has 2 aliphatic heterocycles. The maximum absolute atomic E-state index is 13.6. The molecule has 1 aromatic carbocycles. The second-order valence-corrected chi connectivity index (χ2v) is 8.78. The third-order valence-electron chi connectivity index (χ3n) is 5.03. The van der Waals surface area contributed by atoms with Gasteiger partial charge in [-0.05, 0) is 43.9 Å². The number of rotatable bonds is 6. The van der Waals surface area contributed by atoms with Gasteiger partial charge in [-0.1, -0.05) is 0 Å². The Morgan fingerprint density at radius 3 is 2.89 bits per heavy atom. The number of nitrogens with one attached hydrogen (secondary N) is 1. The number of piperidine rings is 1. The highest BCUT2D eigenvalue weighted by molar-refractivity contribution is 7.89. The highest BCUT2D eigenvalue weighted by Crippen LogP contribution is 2.30. The molecule has 2 fully saturated rings. The van der Waals surface area contributed by atoms with E-state index in [-0.39, 0.29) is 35.7 Å². The van der Waals surface area contributed by atoms with E-state index < -0.39 is 21.8 Å². The van der Waals surface area contributed by atoms with E-state index in [0.29, 0.717) is 26.0 Å². The summed E-state index contributed by atoms with van der Waals surface area (Å²) in [7, 11) is -2.62. The molecule has 0 unspecified atom stereocenters. The van der Waals surface area contributed by atoms with E-state index in [9.17, 15) is 17.6 Å². The molecule has 0 spiro atoms. The van der Waals surface area contributed by atoms with Crippen LogP contribution in [-0.4, -0.2) is 58.1 Å². The summed E-state index contributed by atoms with van der Waals surface area (Å²) in [4.78, 5) is 12.3. The van der Waals surface area contributed by atoms with Crippen molar-refractivity contribution >= 4 is 15.9 Å². The van der Waals surface area contributed by atoms with Crippen LogP contribution in [0, 0.1) is 11.7 Å². The molecule has 0 aliphatic carbocycles. The number of amides is 1. The van der Waals surface area contributed by atoms with Gasteiger partial charge >= 0.3 is 0 Å². The molecule has 7 nitrogen and oxygen atoms in total. The van der Waals surface area contributed by atoms with Gasteiger partial charge in [0, 0.05) is 26.2 Å². The van der Waals surface area contributed by atoms with Gasteiger partial charge in [0.1, 0.15) is 16.5 Å². The molecule has 2 saturated heterocycles. The monoisotopic (exact) mass is 400 g/mol. The van der Waals surface area contributed by atoms with Gasteiger partial charge in [0.05, 0.1) is 19.1 Å². The van der Waals surface area contributed by atoms with Crippen LogP contribution in [0.15, 0.2) is 23.1 Å². The van der Waals surface area contributed by atoms with E-state index in [0.717, 1.165) is 25.0 Å². The molecular formula is C18H25FN2O5S. The minimum Gasteiger partial charge on any atom is -0.495 e. The second kappa shape index (κ2) is 8.53. The predicted octanol–water partition coefficient (Wildman–Crippen LogP) is 1.53. The van der Waals surface area contributed by atoms with Crippen LogP contribution in [0.5, 0.6) is 5.75 Å². The highest BCUT2D eigenvalue weighted by atomic mass is 32.2. The fraction of sp³-hybridized carbons (Fsp3) is 0.611. The topological polar surface area (TPSA) is 84.9 Å². The number of nitrogens with zero attached hydrogens (tertiary/aromatic N) is 1. The molecule has 3 rings (SSSR count). The summed E-state index contributed by atoms with van der Waals surface area (Å²) in [5.74, 6) is -1.18. The number of methoxy groups -OCH3 is 1. The van der Waals surface area contributed by atoms with Crippen LogP contribution in [0.25, 0.3) is 0 Å². The van der Waals surface area contributed by atoms with Crippen molar-refractivity contribution in [1.29, 1.82) is 0 Å². The third kappa shape index (κ3) is 4.59. The average molecular weight is 400 g/mol.